The Labute approximate surface area is 131 Å². The van der Waals surface area contributed by atoms with Crippen LogP contribution < -0.4 is 0 Å². The molecule has 0 bridgehead atoms. The van der Waals surface area contributed by atoms with Crippen LogP contribution in [0.25, 0.3) is 0 Å². The summed E-state index contributed by atoms with van der Waals surface area (Å²) in [5, 5.41) is 7.05. The molecule has 0 saturated heterocycles. The van der Waals surface area contributed by atoms with E-state index in [4.69, 9.17) is 0 Å². The molecule has 3 nitrogen and oxygen atoms in total. The van der Waals surface area contributed by atoms with Gasteiger partial charge in [0.15, 0.2) is 0 Å². The first-order chi connectivity index (χ1) is 10.2. The predicted molar refractivity (Wildman–Crippen MR) is 90.5 cm³/mol. The van der Waals surface area contributed by atoms with Gasteiger partial charge in [-0.1, -0.05) is 85.0 Å². The van der Waals surface area contributed by atoms with Crippen molar-refractivity contribution in [2.75, 3.05) is 0 Å². The lowest BCUT2D eigenvalue weighted by molar-refractivity contribution is 0.374. The van der Waals surface area contributed by atoms with Gasteiger partial charge in [0, 0.05) is 5.41 Å². The molecule has 1 aromatic heterocycles. The van der Waals surface area contributed by atoms with Gasteiger partial charge in [0.1, 0.15) is 12.2 Å². The lowest BCUT2D eigenvalue weighted by Gasteiger charge is -2.25. The second-order valence-electron chi connectivity index (χ2n) is 6.68. The molecule has 1 unspecified atom stereocenters. The van der Waals surface area contributed by atoms with Crippen LogP contribution in [0.1, 0.15) is 104 Å². The zero-order valence-corrected chi connectivity index (χ0v) is 14.5. The van der Waals surface area contributed by atoms with Gasteiger partial charge in [0.25, 0.3) is 0 Å². The molecule has 0 amide bonds. The number of aromatic amines is 1. The summed E-state index contributed by atoms with van der Waals surface area (Å²) in [5.74, 6) is 1.06. The van der Waals surface area contributed by atoms with Crippen LogP contribution in [0.15, 0.2) is 6.33 Å². The van der Waals surface area contributed by atoms with E-state index in [2.05, 4.69) is 36.0 Å². The fraction of sp³-hybridized carbons (Fsp3) is 0.889. The molecular formula is C18H35N3. The Balaban J connectivity index is 2.03. The number of hydrogen-bond acceptors (Lipinski definition) is 2. The highest BCUT2D eigenvalue weighted by Gasteiger charge is 2.26. The molecule has 21 heavy (non-hydrogen) atoms. The Morgan fingerprint density at radius 2 is 1.48 bits per heavy atom. The standard InChI is InChI=1S/C18H35N3/c1-4-6-7-8-9-10-11-12-13-14-15-18(3,5-2)17-19-16-20-21-17/h16H,4-15H2,1-3H3,(H,19,20,21). The van der Waals surface area contributed by atoms with Crippen molar-refractivity contribution in [1.82, 2.24) is 15.2 Å². The second kappa shape index (κ2) is 10.8. The number of rotatable bonds is 13. The van der Waals surface area contributed by atoms with Crippen LogP contribution >= 0.6 is 0 Å². The number of H-pyrrole nitrogens is 1. The van der Waals surface area contributed by atoms with Gasteiger partial charge in [-0.25, -0.2) is 4.98 Å². The molecule has 1 atom stereocenters. The van der Waals surface area contributed by atoms with E-state index in [0.717, 1.165) is 12.2 Å². The van der Waals surface area contributed by atoms with Gasteiger partial charge in [-0.2, -0.15) is 5.10 Å². The third kappa shape index (κ3) is 7.10. The van der Waals surface area contributed by atoms with E-state index < -0.39 is 0 Å². The summed E-state index contributed by atoms with van der Waals surface area (Å²) in [4.78, 5) is 4.36. The summed E-state index contributed by atoms with van der Waals surface area (Å²) >= 11 is 0. The average molecular weight is 293 g/mol. The highest BCUT2D eigenvalue weighted by molar-refractivity contribution is 5.02. The smallest absolute Gasteiger partial charge is 0.137 e. The zero-order chi connectivity index (χ0) is 15.4. The molecule has 1 aromatic rings. The van der Waals surface area contributed by atoms with E-state index in [0.29, 0.717) is 0 Å². The molecule has 1 rings (SSSR count). The monoisotopic (exact) mass is 293 g/mol. The number of unbranched alkanes of at least 4 members (excludes halogenated alkanes) is 9. The topological polar surface area (TPSA) is 41.6 Å². The van der Waals surface area contributed by atoms with Crippen LogP contribution in [0.4, 0.5) is 0 Å². The fourth-order valence-electron chi connectivity index (χ4n) is 2.96. The largest absolute Gasteiger partial charge is 0.263 e. The van der Waals surface area contributed by atoms with E-state index in [1.807, 2.05) is 0 Å². The molecule has 1 heterocycles. The molecule has 0 aliphatic heterocycles. The molecule has 0 aromatic carbocycles. The predicted octanol–water partition coefficient (Wildman–Crippen LogP) is 5.78. The highest BCUT2D eigenvalue weighted by atomic mass is 15.2. The zero-order valence-electron chi connectivity index (χ0n) is 14.5. The van der Waals surface area contributed by atoms with Crippen LogP contribution in [0.5, 0.6) is 0 Å². The molecule has 0 saturated carbocycles. The molecule has 0 aliphatic rings. The first-order valence-electron chi connectivity index (χ1n) is 9.08. The first-order valence-corrected chi connectivity index (χ1v) is 9.08. The van der Waals surface area contributed by atoms with E-state index in [1.165, 1.54) is 70.6 Å². The van der Waals surface area contributed by atoms with Crippen molar-refractivity contribution < 1.29 is 0 Å². The molecular weight excluding hydrogens is 258 g/mol. The minimum Gasteiger partial charge on any atom is -0.263 e. The van der Waals surface area contributed by atoms with Crippen molar-refractivity contribution >= 4 is 0 Å². The molecule has 1 N–H and O–H groups in total. The average Bonchev–Trinajstić information content (AvgIpc) is 3.04. The Morgan fingerprint density at radius 3 is 1.95 bits per heavy atom. The summed E-state index contributed by atoms with van der Waals surface area (Å²) in [6.45, 7) is 6.84. The SMILES string of the molecule is CCCCCCCCCCCCC(C)(CC)c1ncn[nH]1. The molecule has 0 spiro atoms. The number of nitrogens with zero attached hydrogens (tertiary/aromatic N) is 2. The van der Waals surface area contributed by atoms with Gasteiger partial charge >= 0.3 is 0 Å². The Bertz CT molecular complexity index is 334. The molecule has 0 fully saturated rings. The highest BCUT2D eigenvalue weighted by Crippen LogP contribution is 2.30. The quantitative estimate of drug-likeness (QED) is 0.468. The van der Waals surface area contributed by atoms with Crippen molar-refractivity contribution in [1.29, 1.82) is 0 Å². The van der Waals surface area contributed by atoms with E-state index in [9.17, 15) is 0 Å². The normalized spacial score (nSPS) is 14.2. The maximum absolute atomic E-state index is 4.36. The lowest BCUT2D eigenvalue weighted by Crippen LogP contribution is -2.22. The van der Waals surface area contributed by atoms with Crippen molar-refractivity contribution in [2.45, 2.75) is 103 Å². The Kier molecular flexibility index (Phi) is 9.36. The van der Waals surface area contributed by atoms with Gasteiger partial charge in [-0.15, -0.1) is 0 Å². The van der Waals surface area contributed by atoms with Gasteiger partial charge in [0.2, 0.25) is 0 Å². The summed E-state index contributed by atoms with van der Waals surface area (Å²) < 4.78 is 0. The van der Waals surface area contributed by atoms with Gasteiger partial charge < -0.3 is 0 Å². The number of nitrogens with one attached hydrogen (secondary N) is 1. The van der Waals surface area contributed by atoms with Crippen LogP contribution in [0.3, 0.4) is 0 Å². The Morgan fingerprint density at radius 1 is 0.905 bits per heavy atom. The van der Waals surface area contributed by atoms with Crippen LogP contribution in [0, 0.1) is 0 Å². The van der Waals surface area contributed by atoms with Crippen molar-refractivity contribution in [2.24, 2.45) is 0 Å². The van der Waals surface area contributed by atoms with Crippen LogP contribution in [-0.2, 0) is 5.41 Å². The number of hydrogen-bond donors (Lipinski definition) is 1. The van der Waals surface area contributed by atoms with E-state index in [1.54, 1.807) is 6.33 Å². The Hall–Kier alpha value is -0.860. The van der Waals surface area contributed by atoms with Crippen LogP contribution in [-0.4, -0.2) is 15.2 Å². The van der Waals surface area contributed by atoms with Gasteiger partial charge in [-0.3, -0.25) is 5.10 Å². The lowest BCUT2D eigenvalue weighted by atomic mass is 9.81. The maximum atomic E-state index is 4.36. The van der Waals surface area contributed by atoms with Crippen LogP contribution in [0.2, 0.25) is 0 Å². The summed E-state index contributed by atoms with van der Waals surface area (Å²) in [5.41, 5.74) is 0.177. The molecule has 0 radical (unpaired) electrons. The minimum atomic E-state index is 0.177. The first kappa shape index (κ1) is 18.2. The maximum Gasteiger partial charge on any atom is 0.137 e. The number of aromatic nitrogens is 3. The summed E-state index contributed by atoms with van der Waals surface area (Å²) in [6.07, 6.45) is 17.9. The third-order valence-corrected chi connectivity index (χ3v) is 4.85. The summed E-state index contributed by atoms with van der Waals surface area (Å²) in [6, 6.07) is 0. The summed E-state index contributed by atoms with van der Waals surface area (Å²) in [7, 11) is 0. The second-order valence-corrected chi connectivity index (χ2v) is 6.68. The van der Waals surface area contributed by atoms with Gasteiger partial charge in [-0.05, 0) is 12.8 Å². The van der Waals surface area contributed by atoms with Crippen molar-refractivity contribution in [3.63, 3.8) is 0 Å². The molecule has 122 valence electrons. The van der Waals surface area contributed by atoms with Gasteiger partial charge in [0.05, 0.1) is 0 Å². The minimum absolute atomic E-state index is 0.177. The molecule has 3 heteroatoms. The van der Waals surface area contributed by atoms with E-state index >= 15 is 0 Å². The fourth-order valence-corrected chi connectivity index (χ4v) is 2.96. The molecule has 0 aliphatic carbocycles. The van der Waals surface area contributed by atoms with Crippen molar-refractivity contribution in [3.8, 4) is 0 Å². The van der Waals surface area contributed by atoms with Crippen molar-refractivity contribution in [3.05, 3.63) is 12.2 Å². The van der Waals surface area contributed by atoms with E-state index in [-0.39, 0.29) is 5.41 Å². The third-order valence-electron chi connectivity index (χ3n) is 4.85.